The van der Waals surface area contributed by atoms with Crippen molar-refractivity contribution in [2.24, 2.45) is 0 Å². The molecule has 0 radical (unpaired) electrons. The molecule has 0 spiro atoms. The quantitative estimate of drug-likeness (QED) is 0.427. The highest BCUT2D eigenvalue weighted by molar-refractivity contribution is 4.49. The van der Waals surface area contributed by atoms with Gasteiger partial charge in [0, 0.05) is 0 Å². The summed E-state index contributed by atoms with van der Waals surface area (Å²) in [5, 5.41) is 0. The van der Waals surface area contributed by atoms with E-state index in [1.54, 1.807) is 0 Å². The van der Waals surface area contributed by atoms with E-state index in [9.17, 15) is 0 Å². The van der Waals surface area contributed by atoms with Gasteiger partial charge in [-0.25, -0.2) is 9.78 Å². The number of hydrogen-bond acceptors (Lipinski definition) is 2. The highest BCUT2D eigenvalue weighted by Crippen LogP contribution is 2.07. The molecule has 1 aliphatic rings. The Morgan fingerprint density at radius 3 is 2.71 bits per heavy atom. The van der Waals surface area contributed by atoms with Gasteiger partial charge in [-0.2, -0.15) is 0 Å². The van der Waals surface area contributed by atoms with Crippen LogP contribution in [-0.4, -0.2) is 12.7 Å². The maximum Gasteiger partial charge on any atom is 0.0902 e. The summed E-state index contributed by atoms with van der Waals surface area (Å²) in [5.41, 5.74) is 0. The van der Waals surface area contributed by atoms with Crippen LogP contribution in [0.2, 0.25) is 0 Å². The Labute approximate surface area is 43.3 Å². The molecule has 2 heteroatoms. The van der Waals surface area contributed by atoms with Crippen LogP contribution < -0.4 is 0 Å². The average Bonchev–Trinajstić information content (AvgIpc) is 1.69. The summed E-state index contributed by atoms with van der Waals surface area (Å²) in [6, 6.07) is 0. The molecular formula is C5H10O2. The van der Waals surface area contributed by atoms with Crippen molar-refractivity contribution in [3.05, 3.63) is 0 Å². The fraction of sp³-hybridized carbons (Fsp3) is 1.00. The second-order valence-corrected chi connectivity index (χ2v) is 1.87. The van der Waals surface area contributed by atoms with Gasteiger partial charge in [0.1, 0.15) is 0 Å². The molecule has 0 aromatic rings. The molecule has 2 nitrogen and oxygen atoms in total. The first kappa shape index (κ1) is 5.06. The first-order chi connectivity index (χ1) is 3.39. The Hall–Kier alpha value is -0.0800. The van der Waals surface area contributed by atoms with Crippen molar-refractivity contribution in [3.8, 4) is 0 Å². The lowest BCUT2D eigenvalue weighted by molar-refractivity contribution is -0.340. The fourth-order valence-corrected chi connectivity index (χ4v) is 0.642. The van der Waals surface area contributed by atoms with E-state index in [-0.39, 0.29) is 0 Å². The van der Waals surface area contributed by atoms with Gasteiger partial charge in [0.05, 0.1) is 12.7 Å². The van der Waals surface area contributed by atoms with Crippen LogP contribution in [0.1, 0.15) is 19.8 Å². The Bertz CT molecular complexity index is 48.0. The van der Waals surface area contributed by atoms with Crippen LogP contribution in [0.25, 0.3) is 0 Å². The molecule has 1 saturated heterocycles. The van der Waals surface area contributed by atoms with Gasteiger partial charge in [-0.3, -0.25) is 0 Å². The predicted molar refractivity (Wildman–Crippen MR) is 25.7 cm³/mol. The molecule has 0 bridgehead atoms. The molecule has 1 heterocycles. The van der Waals surface area contributed by atoms with Crippen molar-refractivity contribution < 1.29 is 9.78 Å². The zero-order valence-corrected chi connectivity index (χ0v) is 4.52. The maximum atomic E-state index is 4.78. The molecule has 1 unspecified atom stereocenters. The van der Waals surface area contributed by atoms with E-state index in [4.69, 9.17) is 4.89 Å². The summed E-state index contributed by atoms with van der Waals surface area (Å²) in [6.45, 7) is 2.78. The lowest BCUT2D eigenvalue weighted by Gasteiger charge is -2.16. The monoisotopic (exact) mass is 102 g/mol. The lowest BCUT2D eigenvalue weighted by atomic mass is 10.2. The topological polar surface area (TPSA) is 18.5 Å². The molecule has 0 amide bonds. The van der Waals surface area contributed by atoms with E-state index in [1.165, 1.54) is 0 Å². The summed E-state index contributed by atoms with van der Waals surface area (Å²) < 4.78 is 0. The van der Waals surface area contributed by atoms with Gasteiger partial charge < -0.3 is 0 Å². The van der Waals surface area contributed by atoms with E-state index in [1.807, 2.05) is 6.92 Å². The van der Waals surface area contributed by atoms with Crippen LogP contribution in [0.5, 0.6) is 0 Å². The van der Waals surface area contributed by atoms with Crippen molar-refractivity contribution >= 4 is 0 Å². The summed E-state index contributed by atoms with van der Waals surface area (Å²) in [7, 11) is 0. The van der Waals surface area contributed by atoms with Gasteiger partial charge >= 0.3 is 0 Å². The highest BCUT2D eigenvalue weighted by Gasteiger charge is 2.07. The minimum Gasteiger partial charge on any atom is -0.236 e. The second-order valence-electron chi connectivity index (χ2n) is 1.87. The molecule has 7 heavy (non-hydrogen) atoms. The van der Waals surface area contributed by atoms with E-state index in [0.717, 1.165) is 19.4 Å². The van der Waals surface area contributed by atoms with E-state index in [2.05, 4.69) is 4.89 Å². The maximum absolute atomic E-state index is 4.78. The van der Waals surface area contributed by atoms with E-state index in [0.29, 0.717) is 6.10 Å². The third-order valence-corrected chi connectivity index (χ3v) is 1.07. The first-order valence-corrected chi connectivity index (χ1v) is 2.68. The standard InChI is InChI=1S/C5H10O2/c1-5-3-2-4-6-7-5/h5H,2-4H2,1H3. The van der Waals surface area contributed by atoms with Gasteiger partial charge in [0.2, 0.25) is 0 Å². The second kappa shape index (κ2) is 2.28. The third kappa shape index (κ3) is 1.45. The van der Waals surface area contributed by atoms with E-state index < -0.39 is 0 Å². The molecule has 1 atom stereocenters. The van der Waals surface area contributed by atoms with Crippen molar-refractivity contribution in [1.82, 2.24) is 0 Å². The van der Waals surface area contributed by atoms with Crippen LogP contribution in [0.4, 0.5) is 0 Å². The van der Waals surface area contributed by atoms with Crippen molar-refractivity contribution in [2.45, 2.75) is 25.9 Å². The minimum absolute atomic E-state index is 0.314. The first-order valence-electron chi connectivity index (χ1n) is 2.68. The number of hydrogen-bond donors (Lipinski definition) is 0. The largest absolute Gasteiger partial charge is 0.236 e. The van der Waals surface area contributed by atoms with Crippen LogP contribution in [0.15, 0.2) is 0 Å². The predicted octanol–water partition coefficient (Wildman–Crippen LogP) is 1.12. The normalized spacial score (nSPS) is 33.0. The minimum atomic E-state index is 0.314. The van der Waals surface area contributed by atoms with Crippen LogP contribution in [0, 0.1) is 0 Å². The smallest absolute Gasteiger partial charge is 0.0902 e. The molecule has 0 aromatic carbocycles. The fourth-order valence-electron chi connectivity index (χ4n) is 0.642. The van der Waals surface area contributed by atoms with Crippen LogP contribution in [0.3, 0.4) is 0 Å². The Morgan fingerprint density at radius 1 is 1.57 bits per heavy atom. The van der Waals surface area contributed by atoms with Crippen LogP contribution in [-0.2, 0) is 9.78 Å². The Kier molecular flexibility index (Phi) is 1.65. The van der Waals surface area contributed by atoms with Crippen molar-refractivity contribution in [1.29, 1.82) is 0 Å². The molecule has 0 aromatic heterocycles. The molecule has 1 aliphatic heterocycles. The number of rotatable bonds is 0. The molecule has 0 aliphatic carbocycles. The summed E-state index contributed by atoms with van der Waals surface area (Å²) >= 11 is 0. The molecule has 1 fully saturated rings. The van der Waals surface area contributed by atoms with Gasteiger partial charge in [0.25, 0.3) is 0 Å². The van der Waals surface area contributed by atoms with Gasteiger partial charge in [-0.1, -0.05) is 0 Å². The molecule has 42 valence electrons. The third-order valence-electron chi connectivity index (χ3n) is 1.07. The Morgan fingerprint density at radius 2 is 2.43 bits per heavy atom. The van der Waals surface area contributed by atoms with Gasteiger partial charge in [-0.15, -0.1) is 0 Å². The summed E-state index contributed by atoms with van der Waals surface area (Å²) in [5.74, 6) is 0. The Balaban J connectivity index is 2.12. The highest BCUT2D eigenvalue weighted by atomic mass is 17.2. The van der Waals surface area contributed by atoms with Gasteiger partial charge in [0.15, 0.2) is 0 Å². The zero-order valence-electron chi connectivity index (χ0n) is 4.52. The molecular weight excluding hydrogens is 92.1 g/mol. The summed E-state index contributed by atoms with van der Waals surface area (Å²) in [6.07, 6.45) is 2.59. The van der Waals surface area contributed by atoms with E-state index >= 15 is 0 Å². The molecule has 0 N–H and O–H groups in total. The molecule has 1 rings (SSSR count). The SMILES string of the molecule is CC1CCCOO1. The van der Waals surface area contributed by atoms with Crippen molar-refractivity contribution in [3.63, 3.8) is 0 Å². The van der Waals surface area contributed by atoms with Crippen molar-refractivity contribution in [2.75, 3.05) is 6.61 Å². The van der Waals surface area contributed by atoms with Crippen LogP contribution >= 0.6 is 0 Å². The lowest BCUT2D eigenvalue weighted by Crippen LogP contribution is -2.15. The zero-order chi connectivity index (χ0) is 5.11. The summed E-state index contributed by atoms with van der Waals surface area (Å²) in [4.78, 5) is 9.46. The molecule has 0 saturated carbocycles. The average molecular weight is 102 g/mol. The van der Waals surface area contributed by atoms with Gasteiger partial charge in [-0.05, 0) is 19.8 Å².